The fraction of sp³-hybridized carbons (Fsp3) is 0.389. The number of halogens is 1. The normalized spacial score (nSPS) is 19.8. The SMILES string of the molecule is CO/N=C(/C(=O)N[C@@H]1C(=O)N2C(C(=O)O)=C(COC(=O)CC(C)=O)CS[C@H]12)c1nc(N)sc1Cl. The van der Waals surface area contributed by atoms with Crippen LogP contribution in [0.25, 0.3) is 0 Å². The van der Waals surface area contributed by atoms with Crippen LogP contribution in [-0.2, 0) is 33.5 Å². The number of hydrogen-bond acceptors (Lipinski definition) is 12. The fourth-order valence-electron chi connectivity index (χ4n) is 3.17. The van der Waals surface area contributed by atoms with Crippen LogP contribution < -0.4 is 11.1 Å². The Balaban J connectivity index is 1.75. The first kappa shape index (κ1) is 25.5. The number of oxime groups is 1. The van der Waals surface area contributed by atoms with Crippen LogP contribution in [0.15, 0.2) is 16.4 Å². The predicted molar refractivity (Wildman–Crippen MR) is 121 cm³/mol. The largest absolute Gasteiger partial charge is 0.477 e. The molecule has 34 heavy (non-hydrogen) atoms. The fourth-order valence-corrected chi connectivity index (χ4v) is 5.43. The van der Waals surface area contributed by atoms with Gasteiger partial charge >= 0.3 is 11.9 Å². The predicted octanol–water partition coefficient (Wildman–Crippen LogP) is -0.00990. The van der Waals surface area contributed by atoms with E-state index >= 15 is 0 Å². The number of carboxylic acid groups (broad SMARTS) is 1. The molecule has 13 nitrogen and oxygen atoms in total. The lowest BCUT2D eigenvalue weighted by Gasteiger charge is -2.49. The van der Waals surface area contributed by atoms with Gasteiger partial charge in [0.15, 0.2) is 10.8 Å². The third kappa shape index (κ3) is 5.15. The summed E-state index contributed by atoms with van der Waals surface area (Å²) in [5, 5.41) is 15.2. The van der Waals surface area contributed by atoms with E-state index in [-0.39, 0.29) is 44.5 Å². The second-order valence-corrected chi connectivity index (χ2v) is 9.69. The lowest BCUT2D eigenvalue weighted by molar-refractivity contribution is -0.150. The van der Waals surface area contributed by atoms with Gasteiger partial charge in [-0.05, 0) is 6.92 Å². The van der Waals surface area contributed by atoms with Crippen LogP contribution >= 0.6 is 34.7 Å². The van der Waals surface area contributed by atoms with Crippen LogP contribution in [0.1, 0.15) is 19.0 Å². The summed E-state index contributed by atoms with van der Waals surface area (Å²) in [6.45, 7) is 0.834. The number of carboxylic acids is 1. The van der Waals surface area contributed by atoms with Gasteiger partial charge in [-0.25, -0.2) is 9.78 Å². The molecule has 0 unspecified atom stereocenters. The molecule has 1 aromatic rings. The molecule has 0 radical (unpaired) electrons. The van der Waals surface area contributed by atoms with E-state index in [0.717, 1.165) is 16.2 Å². The molecule has 182 valence electrons. The first-order valence-electron chi connectivity index (χ1n) is 9.44. The number of carbonyl (C=O) groups excluding carboxylic acids is 4. The number of thioether (sulfide) groups is 1. The number of nitrogens with two attached hydrogens (primary N) is 1. The Kier molecular flexibility index (Phi) is 7.78. The molecule has 0 bridgehead atoms. The zero-order valence-corrected chi connectivity index (χ0v) is 20.1. The highest BCUT2D eigenvalue weighted by Crippen LogP contribution is 2.40. The number of β-lactam (4-membered cyclic amide) rings is 1. The van der Waals surface area contributed by atoms with Gasteiger partial charge in [-0.15, -0.1) is 11.8 Å². The van der Waals surface area contributed by atoms with Crippen molar-refractivity contribution in [2.75, 3.05) is 25.2 Å². The van der Waals surface area contributed by atoms with Crippen molar-refractivity contribution in [3.8, 4) is 0 Å². The topological polar surface area (TPSA) is 191 Å². The highest BCUT2D eigenvalue weighted by Gasteiger charge is 2.54. The molecule has 0 aromatic carbocycles. The minimum atomic E-state index is -1.40. The van der Waals surface area contributed by atoms with Crippen LogP contribution in [0.5, 0.6) is 0 Å². The molecule has 2 atom stereocenters. The molecule has 2 aliphatic rings. The molecule has 2 amide bonds. The van der Waals surface area contributed by atoms with E-state index in [9.17, 15) is 29.1 Å². The molecule has 3 heterocycles. The molecule has 3 rings (SSSR count). The van der Waals surface area contributed by atoms with Crippen LogP contribution in [-0.4, -0.2) is 81.1 Å². The Morgan fingerprint density at radius 2 is 2.09 bits per heavy atom. The van der Waals surface area contributed by atoms with Gasteiger partial charge in [0, 0.05) is 11.3 Å². The minimum Gasteiger partial charge on any atom is -0.477 e. The van der Waals surface area contributed by atoms with E-state index in [1.165, 1.54) is 25.8 Å². The van der Waals surface area contributed by atoms with E-state index in [1.807, 2.05) is 0 Å². The highest BCUT2D eigenvalue weighted by molar-refractivity contribution is 8.00. The van der Waals surface area contributed by atoms with Crippen molar-refractivity contribution in [3.63, 3.8) is 0 Å². The maximum absolute atomic E-state index is 12.8. The van der Waals surface area contributed by atoms with Crippen molar-refractivity contribution in [1.29, 1.82) is 0 Å². The van der Waals surface area contributed by atoms with Gasteiger partial charge in [0.25, 0.3) is 11.8 Å². The third-order valence-corrected chi connectivity index (χ3v) is 6.98. The molecule has 16 heteroatoms. The Hall–Kier alpha value is -3.17. The molecule has 0 aliphatic carbocycles. The monoisotopic (exact) mass is 531 g/mol. The number of aliphatic carboxylic acids is 1. The van der Waals surface area contributed by atoms with E-state index in [4.69, 9.17) is 22.1 Å². The summed E-state index contributed by atoms with van der Waals surface area (Å²) in [5.74, 6) is -3.99. The van der Waals surface area contributed by atoms with Crippen molar-refractivity contribution >= 4 is 75.1 Å². The molecular formula is C18H18ClN5O8S2. The van der Waals surface area contributed by atoms with Gasteiger partial charge in [0.1, 0.15) is 53.1 Å². The highest BCUT2D eigenvalue weighted by atomic mass is 35.5. The second kappa shape index (κ2) is 10.4. The van der Waals surface area contributed by atoms with Crippen LogP contribution in [0.3, 0.4) is 0 Å². The maximum Gasteiger partial charge on any atom is 0.352 e. The van der Waals surface area contributed by atoms with E-state index in [0.29, 0.717) is 0 Å². The lowest BCUT2D eigenvalue weighted by atomic mass is 10.0. The summed E-state index contributed by atoms with van der Waals surface area (Å²) >= 11 is 8.14. The Labute approximate surface area is 205 Å². The quantitative estimate of drug-likeness (QED) is 0.128. The summed E-state index contributed by atoms with van der Waals surface area (Å²) < 4.78 is 5.06. The van der Waals surface area contributed by atoms with Gasteiger partial charge < -0.3 is 25.7 Å². The number of anilines is 1. The average Bonchev–Trinajstić information content (AvgIpc) is 3.10. The number of ether oxygens (including phenoxy) is 1. The summed E-state index contributed by atoms with van der Waals surface area (Å²) in [5.41, 5.74) is 5.13. The number of hydrogen-bond donors (Lipinski definition) is 3. The van der Waals surface area contributed by atoms with Gasteiger partial charge in [0.05, 0.1) is 0 Å². The van der Waals surface area contributed by atoms with Gasteiger partial charge in [-0.1, -0.05) is 28.1 Å². The number of nitrogens with zero attached hydrogens (tertiary/aromatic N) is 3. The zero-order valence-electron chi connectivity index (χ0n) is 17.7. The smallest absolute Gasteiger partial charge is 0.352 e. The van der Waals surface area contributed by atoms with Crippen molar-refractivity contribution in [1.82, 2.24) is 15.2 Å². The molecule has 0 saturated carbocycles. The molecule has 0 spiro atoms. The number of carbonyl (C=O) groups is 5. The first-order valence-corrected chi connectivity index (χ1v) is 11.7. The first-order chi connectivity index (χ1) is 16.0. The minimum absolute atomic E-state index is 0.0239. The number of ketones is 1. The summed E-state index contributed by atoms with van der Waals surface area (Å²) in [4.78, 5) is 69.7. The van der Waals surface area contributed by atoms with Gasteiger partial charge in [0.2, 0.25) is 0 Å². The average molecular weight is 532 g/mol. The van der Waals surface area contributed by atoms with Crippen molar-refractivity contribution < 1.29 is 38.7 Å². The van der Waals surface area contributed by atoms with Crippen molar-refractivity contribution in [2.24, 2.45) is 5.16 Å². The summed E-state index contributed by atoms with van der Waals surface area (Å²) in [7, 11) is 1.21. The van der Waals surface area contributed by atoms with Crippen molar-refractivity contribution in [3.05, 3.63) is 21.3 Å². The number of amides is 2. The molecule has 4 N–H and O–H groups in total. The zero-order chi connectivity index (χ0) is 25.2. The van der Waals surface area contributed by atoms with Crippen LogP contribution in [0.4, 0.5) is 5.13 Å². The number of fused-ring (bicyclic) bond motifs is 1. The van der Waals surface area contributed by atoms with Crippen molar-refractivity contribution in [2.45, 2.75) is 24.8 Å². The van der Waals surface area contributed by atoms with E-state index in [1.54, 1.807) is 0 Å². The second-order valence-electron chi connectivity index (χ2n) is 6.95. The lowest BCUT2D eigenvalue weighted by Crippen LogP contribution is -2.71. The Bertz CT molecular complexity index is 1130. The molecular weight excluding hydrogens is 514 g/mol. The van der Waals surface area contributed by atoms with Gasteiger partial charge in [-0.3, -0.25) is 24.1 Å². The Morgan fingerprint density at radius 1 is 1.38 bits per heavy atom. The van der Waals surface area contributed by atoms with E-state index < -0.39 is 47.4 Å². The number of nitrogen functional groups attached to an aromatic ring is 1. The molecule has 1 aromatic heterocycles. The number of Topliss-reactive ketones (excluding diaryl/α,β-unsaturated/α-hetero) is 1. The number of esters is 1. The molecule has 1 fully saturated rings. The maximum atomic E-state index is 12.8. The summed E-state index contributed by atoms with van der Waals surface area (Å²) in [6, 6.07) is -1.06. The molecule has 2 aliphatic heterocycles. The van der Waals surface area contributed by atoms with E-state index in [2.05, 4.69) is 20.3 Å². The van der Waals surface area contributed by atoms with Gasteiger partial charge in [-0.2, -0.15) is 0 Å². The standard InChI is InChI=1S/C18H18ClN5O8S2/c1-6(25)3-8(26)32-4-7-5-33-16-11(15(28)24(16)12(7)17(29)30)21-14(27)10(23-31-2)9-13(19)34-18(20)22-9/h11,16H,3-5H2,1-2H3,(H2,20,22)(H,21,27)(H,29,30)/b23-10+/t11-,16-/m1/s1. The number of thiazole rings is 1. The molecule has 1 saturated heterocycles. The van der Waals surface area contributed by atoms with Crippen LogP contribution in [0.2, 0.25) is 4.34 Å². The number of nitrogens with one attached hydrogen (secondary N) is 1. The number of aromatic nitrogens is 1. The number of rotatable bonds is 9. The third-order valence-electron chi connectivity index (χ3n) is 4.56. The Morgan fingerprint density at radius 3 is 2.65 bits per heavy atom. The summed E-state index contributed by atoms with van der Waals surface area (Å²) in [6.07, 6.45) is -0.442. The van der Waals surface area contributed by atoms with Crippen LogP contribution in [0, 0.1) is 0 Å².